The predicted molar refractivity (Wildman–Crippen MR) is 75.0 cm³/mol. The van der Waals surface area contributed by atoms with Crippen LogP contribution < -0.4 is 5.32 Å². The number of hydrogen-bond acceptors (Lipinski definition) is 1. The number of piperidine rings is 1. The topological polar surface area (TPSA) is 32.3 Å². The Morgan fingerprint density at radius 2 is 1.89 bits per heavy atom. The smallest absolute Gasteiger partial charge is 0.322 e. The van der Waals surface area contributed by atoms with Gasteiger partial charge in [-0.25, -0.2) is 4.79 Å². The first-order valence-corrected chi connectivity index (χ1v) is 6.72. The molecule has 0 saturated carbocycles. The monoisotopic (exact) mass is 246 g/mol. The predicted octanol–water partition coefficient (Wildman–Crippen LogP) is 3.71. The summed E-state index contributed by atoms with van der Waals surface area (Å²) in [5, 5.41) is 3.01. The number of urea groups is 1. The van der Waals surface area contributed by atoms with Gasteiger partial charge in [-0.15, -0.1) is 0 Å². The van der Waals surface area contributed by atoms with Gasteiger partial charge in [0.25, 0.3) is 0 Å². The van der Waals surface area contributed by atoms with E-state index in [4.69, 9.17) is 0 Å². The van der Waals surface area contributed by atoms with Gasteiger partial charge in [0.2, 0.25) is 0 Å². The number of benzene rings is 1. The Labute approximate surface area is 109 Å². The molecule has 1 heterocycles. The van der Waals surface area contributed by atoms with Crippen LogP contribution in [0.1, 0.15) is 37.3 Å². The van der Waals surface area contributed by atoms with Crippen LogP contribution in [0.4, 0.5) is 10.5 Å². The van der Waals surface area contributed by atoms with E-state index in [1.165, 1.54) is 17.5 Å². The molecule has 98 valence electrons. The second-order valence-electron chi connectivity index (χ2n) is 5.34. The van der Waals surface area contributed by atoms with E-state index < -0.39 is 0 Å². The molecule has 1 aliphatic heterocycles. The molecule has 1 aromatic carbocycles. The van der Waals surface area contributed by atoms with E-state index in [9.17, 15) is 4.79 Å². The zero-order valence-electron chi connectivity index (χ0n) is 11.5. The van der Waals surface area contributed by atoms with E-state index in [-0.39, 0.29) is 6.03 Å². The molecule has 1 N–H and O–H groups in total. The summed E-state index contributed by atoms with van der Waals surface area (Å²) in [4.78, 5) is 14.2. The van der Waals surface area contributed by atoms with Crippen LogP contribution in [0.15, 0.2) is 18.2 Å². The fourth-order valence-electron chi connectivity index (χ4n) is 2.64. The van der Waals surface area contributed by atoms with Gasteiger partial charge in [-0.1, -0.05) is 6.07 Å². The van der Waals surface area contributed by atoms with Crippen LogP contribution in [0, 0.1) is 13.8 Å². The highest BCUT2D eigenvalue weighted by atomic mass is 16.2. The third-order valence-electron chi connectivity index (χ3n) is 3.54. The molecule has 0 aliphatic carbocycles. The molecule has 2 rings (SSSR count). The van der Waals surface area contributed by atoms with Crippen LogP contribution in [0.2, 0.25) is 0 Å². The van der Waals surface area contributed by atoms with Gasteiger partial charge >= 0.3 is 6.03 Å². The molecule has 1 atom stereocenters. The van der Waals surface area contributed by atoms with Crippen LogP contribution in [0.5, 0.6) is 0 Å². The molecular weight excluding hydrogens is 224 g/mol. The Kier molecular flexibility index (Phi) is 3.90. The number of nitrogens with one attached hydrogen (secondary N) is 1. The van der Waals surface area contributed by atoms with Crippen molar-refractivity contribution < 1.29 is 4.79 Å². The van der Waals surface area contributed by atoms with Crippen molar-refractivity contribution >= 4 is 11.7 Å². The van der Waals surface area contributed by atoms with Gasteiger partial charge in [0.05, 0.1) is 0 Å². The zero-order chi connectivity index (χ0) is 13.1. The van der Waals surface area contributed by atoms with E-state index in [2.05, 4.69) is 18.3 Å². The van der Waals surface area contributed by atoms with Gasteiger partial charge in [-0.3, -0.25) is 0 Å². The van der Waals surface area contributed by atoms with Gasteiger partial charge in [0.15, 0.2) is 0 Å². The van der Waals surface area contributed by atoms with Crippen LogP contribution >= 0.6 is 0 Å². The molecule has 3 heteroatoms. The van der Waals surface area contributed by atoms with Gasteiger partial charge in [0.1, 0.15) is 0 Å². The maximum Gasteiger partial charge on any atom is 0.322 e. The second-order valence-corrected chi connectivity index (χ2v) is 5.34. The molecule has 2 amide bonds. The molecule has 1 saturated heterocycles. The van der Waals surface area contributed by atoms with Crippen molar-refractivity contribution in [1.82, 2.24) is 4.90 Å². The maximum absolute atomic E-state index is 12.2. The quantitative estimate of drug-likeness (QED) is 0.805. The Balaban J connectivity index is 2.06. The first-order chi connectivity index (χ1) is 8.56. The third-order valence-corrected chi connectivity index (χ3v) is 3.54. The Morgan fingerprint density at radius 3 is 2.50 bits per heavy atom. The summed E-state index contributed by atoms with van der Waals surface area (Å²) < 4.78 is 0. The first kappa shape index (κ1) is 12.9. The molecule has 0 radical (unpaired) electrons. The lowest BCUT2D eigenvalue weighted by Gasteiger charge is -2.33. The van der Waals surface area contributed by atoms with E-state index in [1.807, 2.05) is 30.9 Å². The number of amides is 2. The summed E-state index contributed by atoms with van der Waals surface area (Å²) in [6, 6.07) is 6.52. The lowest BCUT2D eigenvalue weighted by atomic mass is 10.0. The number of likely N-dealkylation sites (tertiary alicyclic amines) is 1. The average Bonchev–Trinajstić information content (AvgIpc) is 2.27. The number of aryl methyl sites for hydroxylation is 2. The summed E-state index contributed by atoms with van der Waals surface area (Å²) in [7, 11) is 0. The van der Waals surface area contributed by atoms with Crippen molar-refractivity contribution in [3.63, 3.8) is 0 Å². The van der Waals surface area contributed by atoms with Crippen LogP contribution in [0.3, 0.4) is 0 Å². The summed E-state index contributed by atoms with van der Waals surface area (Å²) in [5.74, 6) is 0. The van der Waals surface area contributed by atoms with Crippen molar-refractivity contribution in [2.24, 2.45) is 0 Å². The molecule has 0 bridgehead atoms. The fourth-order valence-corrected chi connectivity index (χ4v) is 2.64. The third kappa shape index (κ3) is 3.03. The molecule has 3 nitrogen and oxygen atoms in total. The standard InChI is InChI=1S/C15H22N2O/c1-11-8-12(2)10-14(9-11)16-15(18)17-7-5-4-6-13(17)3/h8-10,13H,4-7H2,1-3H3,(H,16,18). The normalized spacial score (nSPS) is 19.7. The summed E-state index contributed by atoms with van der Waals surface area (Å²) in [6.45, 7) is 7.09. The molecule has 1 unspecified atom stereocenters. The number of carbonyl (C=O) groups is 1. The summed E-state index contributed by atoms with van der Waals surface area (Å²) in [5.41, 5.74) is 3.25. The maximum atomic E-state index is 12.2. The Bertz CT molecular complexity index is 422. The van der Waals surface area contributed by atoms with Crippen LogP contribution in [-0.2, 0) is 0 Å². The molecule has 1 aromatic rings. The highest BCUT2D eigenvalue weighted by Gasteiger charge is 2.23. The van der Waals surface area contributed by atoms with Crippen LogP contribution in [-0.4, -0.2) is 23.5 Å². The van der Waals surface area contributed by atoms with Crippen molar-refractivity contribution in [3.05, 3.63) is 29.3 Å². The Morgan fingerprint density at radius 1 is 1.22 bits per heavy atom. The second kappa shape index (κ2) is 5.42. The van der Waals surface area contributed by atoms with Gasteiger partial charge in [0, 0.05) is 18.3 Å². The number of rotatable bonds is 1. The fraction of sp³-hybridized carbons (Fsp3) is 0.533. The summed E-state index contributed by atoms with van der Waals surface area (Å²) >= 11 is 0. The molecule has 1 aliphatic rings. The first-order valence-electron chi connectivity index (χ1n) is 6.72. The van der Waals surface area contributed by atoms with E-state index in [0.717, 1.165) is 25.1 Å². The molecule has 1 fully saturated rings. The minimum atomic E-state index is 0.0344. The lowest BCUT2D eigenvalue weighted by Crippen LogP contribution is -2.44. The highest BCUT2D eigenvalue weighted by Crippen LogP contribution is 2.19. The largest absolute Gasteiger partial charge is 0.322 e. The van der Waals surface area contributed by atoms with Crippen molar-refractivity contribution in [3.8, 4) is 0 Å². The SMILES string of the molecule is Cc1cc(C)cc(NC(=O)N2CCCCC2C)c1. The minimum absolute atomic E-state index is 0.0344. The molecular formula is C15H22N2O. The highest BCUT2D eigenvalue weighted by molar-refractivity contribution is 5.89. The molecule has 18 heavy (non-hydrogen) atoms. The number of nitrogens with zero attached hydrogens (tertiary/aromatic N) is 1. The number of carbonyl (C=O) groups excluding carboxylic acids is 1. The van der Waals surface area contributed by atoms with Gasteiger partial charge < -0.3 is 10.2 Å². The van der Waals surface area contributed by atoms with Crippen molar-refractivity contribution in [2.75, 3.05) is 11.9 Å². The van der Waals surface area contributed by atoms with Crippen molar-refractivity contribution in [2.45, 2.75) is 46.1 Å². The average molecular weight is 246 g/mol. The van der Waals surface area contributed by atoms with E-state index >= 15 is 0 Å². The number of hydrogen-bond donors (Lipinski definition) is 1. The van der Waals surface area contributed by atoms with Crippen LogP contribution in [0.25, 0.3) is 0 Å². The van der Waals surface area contributed by atoms with E-state index in [1.54, 1.807) is 0 Å². The molecule has 0 aromatic heterocycles. The Hall–Kier alpha value is -1.51. The molecule has 0 spiro atoms. The van der Waals surface area contributed by atoms with Crippen molar-refractivity contribution in [1.29, 1.82) is 0 Å². The lowest BCUT2D eigenvalue weighted by molar-refractivity contribution is 0.170. The van der Waals surface area contributed by atoms with Gasteiger partial charge in [-0.05, 0) is 63.3 Å². The van der Waals surface area contributed by atoms with Gasteiger partial charge in [-0.2, -0.15) is 0 Å². The number of anilines is 1. The van der Waals surface area contributed by atoms with E-state index in [0.29, 0.717) is 6.04 Å². The minimum Gasteiger partial charge on any atom is -0.322 e. The zero-order valence-corrected chi connectivity index (χ0v) is 11.5. The summed E-state index contributed by atoms with van der Waals surface area (Å²) in [6.07, 6.45) is 3.46.